The van der Waals surface area contributed by atoms with Crippen molar-refractivity contribution in [1.82, 2.24) is 0 Å². The van der Waals surface area contributed by atoms with Gasteiger partial charge in [-0.1, -0.05) is 101 Å². The maximum absolute atomic E-state index is 13.5. The van der Waals surface area contributed by atoms with Gasteiger partial charge in [-0.2, -0.15) is 0 Å². The van der Waals surface area contributed by atoms with Crippen LogP contribution in [0.15, 0.2) is 135 Å². The Kier molecular flexibility index (Phi) is 8.91. The topological polar surface area (TPSA) is 54.7 Å². The summed E-state index contributed by atoms with van der Waals surface area (Å²) in [6.45, 7) is 0. The summed E-state index contributed by atoms with van der Waals surface area (Å²) in [6, 6.07) is 32.6. The molecule has 7 rings (SSSR count). The number of benzene rings is 4. The van der Waals surface area contributed by atoms with Gasteiger partial charge in [0.2, 0.25) is 10.9 Å². The van der Waals surface area contributed by atoms with Crippen LogP contribution in [0.25, 0.3) is 46.3 Å². The standard InChI is InChI=1S/C40H23Cl4O4/c41-31-13-5-1-9-25(31)35-19-23(20-36(47-35)26-10-2-6-14-32(26)42)17-29-39(45)30(40(29)46)18-24-21-37(27-11-3-7-15-33(27)43)48-38(22-24)28-12-4-8-16-34(28)44/h1-23H/q+1. The van der Waals surface area contributed by atoms with Gasteiger partial charge in [-0.05, 0) is 72.3 Å². The first-order chi connectivity index (χ1) is 23.3. The Bertz CT molecular complexity index is 2330. The first-order valence-electron chi connectivity index (χ1n) is 14.9. The average molecular weight is 709 g/mol. The summed E-state index contributed by atoms with van der Waals surface area (Å²) in [6.07, 6.45) is 6.85. The van der Waals surface area contributed by atoms with Crippen molar-refractivity contribution >= 4 is 70.1 Å². The Morgan fingerprint density at radius 2 is 0.938 bits per heavy atom. The van der Waals surface area contributed by atoms with E-state index in [4.69, 9.17) is 55.6 Å². The molecule has 0 saturated carbocycles. The Morgan fingerprint density at radius 3 is 1.35 bits per heavy atom. The Balaban J connectivity index is 1.34. The normalized spacial score (nSPS) is 13.1. The molecular formula is C40H23Cl4O4+. The molecule has 0 unspecified atom stereocenters. The van der Waals surface area contributed by atoms with Crippen molar-refractivity contribution in [2.75, 3.05) is 0 Å². The van der Waals surface area contributed by atoms with Crippen molar-refractivity contribution < 1.29 is 9.15 Å². The summed E-state index contributed by atoms with van der Waals surface area (Å²) in [5.74, 6) is 1.42. The van der Waals surface area contributed by atoms with Gasteiger partial charge in [0.1, 0.15) is 11.5 Å². The third-order valence-corrected chi connectivity index (χ3v) is 9.25. The fourth-order valence-electron chi connectivity index (χ4n) is 5.56. The molecule has 0 radical (unpaired) electrons. The largest absolute Gasteiger partial charge is 0.457 e. The van der Waals surface area contributed by atoms with Crippen LogP contribution in [0, 0.1) is 5.92 Å². The summed E-state index contributed by atoms with van der Waals surface area (Å²) in [5.41, 5.74) is 2.49. The van der Waals surface area contributed by atoms with E-state index in [-0.39, 0.29) is 21.3 Å². The molecular weight excluding hydrogens is 686 g/mol. The van der Waals surface area contributed by atoms with Gasteiger partial charge in [-0.15, -0.1) is 0 Å². The first kappa shape index (κ1) is 31.9. The van der Waals surface area contributed by atoms with Gasteiger partial charge in [0.05, 0.1) is 53.8 Å². The molecule has 1 aliphatic heterocycles. The second-order valence-electron chi connectivity index (χ2n) is 11.1. The van der Waals surface area contributed by atoms with E-state index in [1.54, 1.807) is 48.6 Å². The first-order valence-corrected chi connectivity index (χ1v) is 16.4. The van der Waals surface area contributed by atoms with E-state index < -0.39 is 5.92 Å². The van der Waals surface area contributed by atoms with Crippen LogP contribution >= 0.6 is 46.4 Å². The fraction of sp³-hybridized carbons (Fsp3) is 0.0250. The predicted molar refractivity (Wildman–Crippen MR) is 196 cm³/mol. The molecule has 1 aromatic heterocycles. The van der Waals surface area contributed by atoms with Crippen LogP contribution in [0.1, 0.15) is 16.7 Å². The van der Waals surface area contributed by atoms with Gasteiger partial charge in [-0.3, -0.25) is 9.59 Å². The maximum Gasteiger partial charge on any atom is 0.362 e. The molecule has 0 atom stereocenters. The van der Waals surface area contributed by atoms with E-state index >= 15 is 0 Å². The lowest BCUT2D eigenvalue weighted by molar-refractivity contribution is 0.458. The number of allylic oxidation sites excluding steroid dienone is 2. The van der Waals surface area contributed by atoms with Crippen LogP contribution in [0.2, 0.25) is 20.1 Å². The van der Waals surface area contributed by atoms with Gasteiger partial charge in [0, 0.05) is 17.0 Å². The molecule has 0 fully saturated rings. The van der Waals surface area contributed by atoms with E-state index in [0.29, 0.717) is 70.9 Å². The van der Waals surface area contributed by atoms with Crippen LogP contribution in [0.3, 0.4) is 0 Å². The minimum absolute atomic E-state index is 0.0559. The highest BCUT2D eigenvalue weighted by Gasteiger charge is 2.24. The molecule has 0 bridgehead atoms. The molecule has 0 saturated heterocycles. The molecule has 5 aromatic carbocycles. The Hall–Kier alpha value is -4.71. The van der Waals surface area contributed by atoms with E-state index in [0.717, 1.165) is 0 Å². The number of hydrogen-bond donors (Lipinski definition) is 0. The zero-order chi connectivity index (χ0) is 33.4. The van der Waals surface area contributed by atoms with Crippen molar-refractivity contribution in [3.8, 4) is 22.6 Å². The lowest BCUT2D eigenvalue weighted by Crippen LogP contribution is -2.64. The third-order valence-electron chi connectivity index (χ3n) is 7.93. The molecule has 4 nitrogen and oxygen atoms in total. The SMILES string of the molecule is O=c1c(=Cc2cc(-c3ccccc3Cl)[o+]c(-c3ccccc3Cl)c2)c(=O)c1=CC1C=C(c2ccccc2Cl)OC(c2ccccc2Cl)=C1. The Labute approximate surface area is 295 Å². The number of rotatable bonds is 6. The number of ether oxygens (including phenoxy) is 1. The molecule has 234 valence electrons. The van der Waals surface area contributed by atoms with E-state index in [9.17, 15) is 9.59 Å². The molecule has 6 aromatic rings. The maximum atomic E-state index is 13.5. The second kappa shape index (κ2) is 13.4. The summed E-state index contributed by atoms with van der Waals surface area (Å²) in [7, 11) is 0. The van der Waals surface area contributed by atoms with E-state index in [2.05, 4.69) is 0 Å². The van der Waals surface area contributed by atoms with E-state index in [1.165, 1.54) is 0 Å². The van der Waals surface area contributed by atoms with Crippen LogP contribution in [0.5, 0.6) is 0 Å². The molecule has 0 aliphatic carbocycles. The van der Waals surface area contributed by atoms with Gasteiger partial charge < -0.3 is 4.74 Å². The van der Waals surface area contributed by atoms with Crippen LogP contribution < -0.4 is 21.3 Å². The molecule has 0 N–H and O–H groups in total. The molecule has 48 heavy (non-hydrogen) atoms. The fourth-order valence-corrected chi connectivity index (χ4v) is 6.48. The van der Waals surface area contributed by atoms with Crippen molar-refractivity contribution in [2.24, 2.45) is 5.92 Å². The monoisotopic (exact) mass is 707 g/mol. The molecule has 0 amide bonds. The van der Waals surface area contributed by atoms with E-state index in [1.807, 2.05) is 84.9 Å². The molecule has 8 heteroatoms. The van der Waals surface area contributed by atoms with Crippen molar-refractivity contribution in [1.29, 1.82) is 0 Å². The number of hydrogen-bond acceptors (Lipinski definition) is 3. The average Bonchev–Trinajstić information content (AvgIpc) is 3.10. The van der Waals surface area contributed by atoms with Crippen LogP contribution in [-0.2, 0) is 4.74 Å². The van der Waals surface area contributed by atoms with Gasteiger partial charge in [-0.25, -0.2) is 4.42 Å². The van der Waals surface area contributed by atoms with Gasteiger partial charge in [0.15, 0.2) is 0 Å². The van der Waals surface area contributed by atoms with Crippen LogP contribution in [-0.4, -0.2) is 0 Å². The summed E-state index contributed by atoms with van der Waals surface area (Å²) in [5, 5.41) is 2.11. The van der Waals surface area contributed by atoms with Crippen molar-refractivity contribution in [3.63, 3.8) is 0 Å². The van der Waals surface area contributed by atoms with Gasteiger partial charge in [0.25, 0.3) is 0 Å². The lowest BCUT2D eigenvalue weighted by Gasteiger charge is -2.22. The summed E-state index contributed by atoms with van der Waals surface area (Å²) >= 11 is 26.0. The molecule has 2 heterocycles. The highest BCUT2D eigenvalue weighted by Crippen LogP contribution is 2.38. The van der Waals surface area contributed by atoms with Gasteiger partial charge >= 0.3 is 11.5 Å². The minimum Gasteiger partial charge on any atom is -0.457 e. The minimum atomic E-state index is -0.463. The van der Waals surface area contributed by atoms with Crippen LogP contribution in [0.4, 0.5) is 0 Å². The molecule has 1 aliphatic rings. The quantitative estimate of drug-likeness (QED) is 0.162. The zero-order valence-electron chi connectivity index (χ0n) is 24.9. The van der Waals surface area contributed by atoms with Crippen molar-refractivity contribution in [2.45, 2.75) is 0 Å². The predicted octanol–water partition coefficient (Wildman–Crippen LogP) is 9.44. The smallest absolute Gasteiger partial charge is 0.362 e. The molecule has 0 spiro atoms. The lowest BCUT2D eigenvalue weighted by atomic mass is 9.97. The van der Waals surface area contributed by atoms with Crippen molar-refractivity contribution in [3.05, 3.63) is 189 Å². The second-order valence-corrected chi connectivity index (χ2v) is 12.7. The number of halogens is 4. The summed E-state index contributed by atoms with van der Waals surface area (Å²) in [4.78, 5) is 27.1. The Morgan fingerprint density at radius 1 is 0.542 bits per heavy atom. The highest BCUT2D eigenvalue weighted by atomic mass is 35.5. The summed E-state index contributed by atoms with van der Waals surface area (Å²) < 4.78 is 12.5. The zero-order valence-corrected chi connectivity index (χ0v) is 27.9. The highest BCUT2D eigenvalue weighted by molar-refractivity contribution is 6.34. The third kappa shape index (κ3) is 6.28.